The van der Waals surface area contributed by atoms with Crippen molar-refractivity contribution in [2.75, 3.05) is 19.7 Å². The number of rotatable bonds is 5. The predicted molar refractivity (Wildman–Crippen MR) is 60.7 cm³/mol. The van der Waals surface area contributed by atoms with Gasteiger partial charge in [-0.3, -0.25) is 4.90 Å². The summed E-state index contributed by atoms with van der Waals surface area (Å²) in [6.07, 6.45) is -1.80. The van der Waals surface area contributed by atoms with Crippen LogP contribution in [0.15, 0.2) is 0 Å². The van der Waals surface area contributed by atoms with Crippen LogP contribution in [0.1, 0.15) is 33.1 Å². The van der Waals surface area contributed by atoms with Crippen LogP contribution in [-0.2, 0) is 0 Å². The van der Waals surface area contributed by atoms with Gasteiger partial charge in [0, 0.05) is 13.2 Å². The molecular formula is C12H22F3NO. The molecule has 0 saturated carbocycles. The van der Waals surface area contributed by atoms with Crippen LogP contribution in [-0.4, -0.2) is 41.9 Å². The SMILES string of the molecule is CC(C)C(N1CCC(CCCO)C1)C(F)(F)F. The van der Waals surface area contributed by atoms with Crippen LogP contribution in [0.3, 0.4) is 0 Å². The summed E-state index contributed by atoms with van der Waals surface area (Å²) in [5, 5.41) is 8.73. The molecule has 1 saturated heterocycles. The fraction of sp³-hybridized carbons (Fsp3) is 1.00. The standard InChI is InChI=1S/C12H22F3NO/c1-9(2)11(12(13,14)15)16-6-5-10(8-16)4-3-7-17/h9-11,17H,3-8H2,1-2H3. The summed E-state index contributed by atoms with van der Waals surface area (Å²) < 4.78 is 38.8. The molecule has 0 aromatic rings. The number of hydrogen-bond acceptors (Lipinski definition) is 2. The molecule has 2 nitrogen and oxygen atoms in total. The summed E-state index contributed by atoms with van der Waals surface area (Å²) in [7, 11) is 0. The number of alkyl halides is 3. The molecule has 0 bridgehead atoms. The smallest absolute Gasteiger partial charge is 0.396 e. The molecule has 0 aromatic carbocycles. The molecule has 1 fully saturated rings. The lowest BCUT2D eigenvalue weighted by molar-refractivity contribution is -0.192. The summed E-state index contributed by atoms with van der Waals surface area (Å²) in [5.41, 5.74) is 0. The molecule has 5 heteroatoms. The second-order valence-electron chi connectivity index (χ2n) is 5.25. The number of aliphatic hydroxyl groups is 1. The monoisotopic (exact) mass is 253 g/mol. The van der Waals surface area contributed by atoms with Gasteiger partial charge in [0.05, 0.1) is 0 Å². The third kappa shape index (κ3) is 4.14. The zero-order chi connectivity index (χ0) is 13.1. The van der Waals surface area contributed by atoms with Crippen LogP contribution in [0.4, 0.5) is 13.2 Å². The van der Waals surface area contributed by atoms with E-state index in [1.54, 1.807) is 18.7 Å². The number of nitrogens with zero attached hydrogens (tertiary/aromatic N) is 1. The van der Waals surface area contributed by atoms with Crippen molar-refractivity contribution in [3.8, 4) is 0 Å². The minimum atomic E-state index is -4.14. The van der Waals surface area contributed by atoms with E-state index in [4.69, 9.17) is 5.11 Å². The average molecular weight is 253 g/mol. The Morgan fingerprint density at radius 2 is 2.00 bits per heavy atom. The van der Waals surface area contributed by atoms with Gasteiger partial charge in [0.2, 0.25) is 0 Å². The molecule has 1 aliphatic rings. The summed E-state index contributed by atoms with van der Waals surface area (Å²) in [6, 6.07) is -1.32. The van der Waals surface area contributed by atoms with Crippen molar-refractivity contribution in [1.82, 2.24) is 4.90 Å². The fourth-order valence-corrected chi connectivity index (χ4v) is 2.74. The van der Waals surface area contributed by atoms with Gasteiger partial charge in [0.15, 0.2) is 0 Å². The summed E-state index contributed by atoms with van der Waals surface area (Å²) in [6.45, 7) is 4.42. The minimum Gasteiger partial charge on any atom is -0.396 e. The number of hydrogen-bond donors (Lipinski definition) is 1. The van der Waals surface area contributed by atoms with Crippen LogP contribution in [0.5, 0.6) is 0 Å². The van der Waals surface area contributed by atoms with E-state index in [0.717, 1.165) is 12.8 Å². The van der Waals surface area contributed by atoms with Gasteiger partial charge in [-0.1, -0.05) is 13.8 Å². The molecule has 1 rings (SSSR count). The van der Waals surface area contributed by atoms with Gasteiger partial charge in [-0.25, -0.2) is 0 Å². The molecule has 0 aromatic heterocycles. The lowest BCUT2D eigenvalue weighted by atomic mass is 10.0. The van der Waals surface area contributed by atoms with Crippen LogP contribution in [0.25, 0.3) is 0 Å². The molecule has 17 heavy (non-hydrogen) atoms. The average Bonchev–Trinajstić information content (AvgIpc) is 2.60. The van der Waals surface area contributed by atoms with Crippen molar-refractivity contribution in [2.45, 2.75) is 45.3 Å². The van der Waals surface area contributed by atoms with Crippen molar-refractivity contribution in [3.63, 3.8) is 0 Å². The zero-order valence-electron chi connectivity index (χ0n) is 10.5. The molecule has 1 aliphatic heterocycles. The second kappa shape index (κ2) is 6.05. The van der Waals surface area contributed by atoms with Crippen LogP contribution < -0.4 is 0 Å². The fourth-order valence-electron chi connectivity index (χ4n) is 2.74. The Balaban J connectivity index is 2.55. The van der Waals surface area contributed by atoms with E-state index in [-0.39, 0.29) is 6.61 Å². The second-order valence-corrected chi connectivity index (χ2v) is 5.25. The summed E-state index contributed by atoms with van der Waals surface area (Å²) in [4.78, 5) is 1.56. The Hall–Kier alpha value is -0.290. The first-order valence-corrected chi connectivity index (χ1v) is 6.28. The quantitative estimate of drug-likeness (QED) is 0.814. The first-order chi connectivity index (χ1) is 7.86. The first-order valence-electron chi connectivity index (χ1n) is 6.28. The van der Waals surface area contributed by atoms with E-state index in [1.807, 2.05) is 0 Å². The van der Waals surface area contributed by atoms with Crippen molar-refractivity contribution in [2.24, 2.45) is 11.8 Å². The van der Waals surface area contributed by atoms with Gasteiger partial charge in [-0.15, -0.1) is 0 Å². The third-order valence-corrected chi connectivity index (χ3v) is 3.45. The largest absolute Gasteiger partial charge is 0.404 e. The lowest BCUT2D eigenvalue weighted by Gasteiger charge is -2.32. The van der Waals surface area contributed by atoms with Gasteiger partial charge >= 0.3 is 6.18 Å². The third-order valence-electron chi connectivity index (χ3n) is 3.45. The topological polar surface area (TPSA) is 23.5 Å². The molecule has 1 heterocycles. The van der Waals surface area contributed by atoms with Crippen LogP contribution in [0, 0.1) is 11.8 Å². The highest BCUT2D eigenvalue weighted by Crippen LogP contribution is 2.34. The Bertz CT molecular complexity index is 230. The highest BCUT2D eigenvalue weighted by Gasteiger charge is 2.46. The van der Waals surface area contributed by atoms with E-state index in [1.165, 1.54) is 0 Å². The van der Waals surface area contributed by atoms with Gasteiger partial charge in [-0.05, 0) is 37.6 Å². The Kier molecular flexibility index (Phi) is 5.25. The molecule has 2 atom stereocenters. The zero-order valence-corrected chi connectivity index (χ0v) is 10.5. The summed E-state index contributed by atoms with van der Waals surface area (Å²) >= 11 is 0. The Morgan fingerprint density at radius 3 is 2.47 bits per heavy atom. The van der Waals surface area contributed by atoms with Gasteiger partial charge in [-0.2, -0.15) is 13.2 Å². The number of likely N-dealkylation sites (tertiary alicyclic amines) is 1. The number of aliphatic hydroxyl groups excluding tert-OH is 1. The van der Waals surface area contributed by atoms with Crippen molar-refractivity contribution >= 4 is 0 Å². The maximum atomic E-state index is 12.9. The highest BCUT2D eigenvalue weighted by molar-refractivity contribution is 4.87. The normalized spacial score (nSPS) is 24.5. The van der Waals surface area contributed by atoms with Crippen LogP contribution in [0.2, 0.25) is 0 Å². The van der Waals surface area contributed by atoms with E-state index in [9.17, 15) is 13.2 Å². The molecule has 1 N–H and O–H groups in total. The first kappa shape index (κ1) is 14.8. The van der Waals surface area contributed by atoms with Crippen molar-refractivity contribution in [3.05, 3.63) is 0 Å². The summed E-state index contributed by atoms with van der Waals surface area (Å²) in [5.74, 6) is -0.0997. The van der Waals surface area contributed by atoms with E-state index in [0.29, 0.717) is 25.4 Å². The van der Waals surface area contributed by atoms with Crippen LogP contribution >= 0.6 is 0 Å². The van der Waals surface area contributed by atoms with Gasteiger partial charge < -0.3 is 5.11 Å². The van der Waals surface area contributed by atoms with E-state index < -0.39 is 18.1 Å². The Labute approximate surface area is 101 Å². The predicted octanol–water partition coefficient (Wildman–Crippen LogP) is 2.67. The molecule has 102 valence electrons. The van der Waals surface area contributed by atoms with Crippen molar-refractivity contribution in [1.29, 1.82) is 0 Å². The molecule has 0 aliphatic carbocycles. The van der Waals surface area contributed by atoms with E-state index in [2.05, 4.69) is 0 Å². The molecule has 0 amide bonds. The minimum absolute atomic E-state index is 0.128. The lowest BCUT2D eigenvalue weighted by Crippen LogP contribution is -2.48. The maximum absolute atomic E-state index is 12.9. The Morgan fingerprint density at radius 1 is 1.35 bits per heavy atom. The van der Waals surface area contributed by atoms with Gasteiger partial charge in [0.1, 0.15) is 6.04 Å². The van der Waals surface area contributed by atoms with Gasteiger partial charge in [0.25, 0.3) is 0 Å². The number of halogens is 3. The maximum Gasteiger partial charge on any atom is 0.404 e. The molecule has 0 spiro atoms. The van der Waals surface area contributed by atoms with E-state index >= 15 is 0 Å². The van der Waals surface area contributed by atoms with Crippen molar-refractivity contribution < 1.29 is 18.3 Å². The molecule has 0 radical (unpaired) electrons. The molecule has 2 unspecified atom stereocenters. The molecular weight excluding hydrogens is 231 g/mol. The highest BCUT2D eigenvalue weighted by atomic mass is 19.4.